The van der Waals surface area contributed by atoms with Crippen LogP contribution in [-0.4, -0.2) is 56.9 Å². The molecule has 4 N–H and O–H groups in total. The van der Waals surface area contributed by atoms with Gasteiger partial charge in [0.15, 0.2) is 0 Å². The molecule has 0 saturated carbocycles. The van der Waals surface area contributed by atoms with E-state index in [0.29, 0.717) is 25.7 Å². The molecular weight excluding hydrogens is 336 g/mol. The Bertz CT molecular complexity index is 448. The summed E-state index contributed by atoms with van der Waals surface area (Å²) in [7, 11) is 0. The van der Waals surface area contributed by atoms with Crippen LogP contribution < -0.4 is 0 Å². The fourth-order valence-corrected chi connectivity index (χ4v) is 2.98. The molecule has 0 bridgehead atoms. The van der Waals surface area contributed by atoms with Crippen molar-refractivity contribution in [1.82, 2.24) is 0 Å². The van der Waals surface area contributed by atoms with Gasteiger partial charge in [-0.1, -0.05) is 44.1 Å². The van der Waals surface area contributed by atoms with Gasteiger partial charge in [0.25, 0.3) is 0 Å². The maximum absolute atomic E-state index is 10.4. The molecule has 1 aliphatic rings. The van der Waals surface area contributed by atoms with E-state index in [-0.39, 0.29) is 12.5 Å². The average Bonchev–Trinajstić information content (AvgIpc) is 2.96. The second-order valence-corrected chi connectivity index (χ2v) is 6.95. The van der Waals surface area contributed by atoms with Crippen LogP contribution in [0.1, 0.15) is 64.7 Å². The molecule has 0 aliphatic carbocycles. The molecule has 150 valence electrons. The summed E-state index contributed by atoms with van der Waals surface area (Å²) < 4.78 is 5.75. The van der Waals surface area contributed by atoms with Gasteiger partial charge in [0.05, 0.1) is 30.5 Å². The van der Waals surface area contributed by atoms with Crippen LogP contribution in [0.5, 0.6) is 0 Å². The van der Waals surface area contributed by atoms with E-state index in [0.717, 1.165) is 6.42 Å². The van der Waals surface area contributed by atoms with Crippen molar-refractivity contribution >= 4 is 5.97 Å². The normalized spacial score (nSPS) is 25.9. The molecule has 0 amide bonds. The number of hydrogen-bond acceptors (Lipinski definition) is 5. The van der Waals surface area contributed by atoms with E-state index in [2.05, 4.69) is 13.0 Å². The summed E-state index contributed by atoms with van der Waals surface area (Å²) in [6.07, 6.45) is 10.3. The van der Waals surface area contributed by atoms with Crippen LogP contribution >= 0.6 is 0 Å². The molecule has 0 spiro atoms. The number of ether oxygens (including phenoxy) is 1. The second kappa shape index (κ2) is 13.0. The van der Waals surface area contributed by atoms with Crippen molar-refractivity contribution in [2.45, 2.75) is 95.2 Å². The summed E-state index contributed by atoms with van der Waals surface area (Å²) in [5.41, 5.74) is 0. The Morgan fingerprint density at radius 1 is 1.19 bits per heavy atom. The molecule has 1 saturated heterocycles. The molecule has 1 rings (SSSR count). The summed E-state index contributed by atoms with van der Waals surface area (Å²) in [6.45, 7) is 2.17. The second-order valence-electron chi connectivity index (χ2n) is 6.95. The van der Waals surface area contributed by atoms with E-state index in [1.54, 1.807) is 0 Å². The molecule has 6 nitrogen and oxygen atoms in total. The van der Waals surface area contributed by atoms with Crippen molar-refractivity contribution in [2.24, 2.45) is 0 Å². The quantitative estimate of drug-likeness (QED) is 0.293. The van der Waals surface area contributed by atoms with Gasteiger partial charge in [-0.05, 0) is 32.1 Å². The zero-order chi connectivity index (χ0) is 19.4. The maximum atomic E-state index is 10.4. The number of aliphatic carboxylic acids is 1. The van der Waals surface area contributed by atoms with Crippen LogP contribution in [0.3, 0.4) is 0 Å². The summed E-state index contributed by atoms with van der Waals surface area (Å²) in [5.74, 6) is -0.889. The average molecular weight is 370 g/mol. The molecule has 0 aromatic heterocycles. The van der Waals surface area contributed by atoms with Crippen LogP contribution in [0.2, 0.25) is 0 Å². The molecule has 0 aromatic carbocycles. The molecule has 0 aromatic rings. The Balaban J connectivity index is 2.31. The number of carbonyl (C=O) groups is 1. The first-order chi connectivity index (χ1) is 12.4. The van der Waals surface area contributed by atoms with E-state index >= 15 is 0 Å². The summed E-state index contributed by atoms with van der Waals surface area (Å²) in [4.78, 5) is 10.4. The highest BCUT2D eigenvalue weighted by molar-refractivity contribution is 5.66. The van der Waals surface area contributed by atoms with Gasteiger partial charge >= 0.3 is 5.97 Å². The molecule has 1 fully saturated rings. The number of rotatable bonds is 13. The minimum Gasteiger partial charge on any atom is -0.481 e. The highest BCUT2D eigenvalue weighted by atomic mass is 16.5. The lowest BCUT2D eigenvalue weighted by Gasteiger charge is -2.16. The minimum absolute atomic E-state index is 0.0129. The molecule has 0 radical (unpaired) electrons. The smallest absolute Gasteiger partial charge is 0.303 e. The molecule has 5 atom stereocenters. The zero-order valence-electron chi connectivity index (χ0n) is 15.7. The van der Waals surface area contributed by atoms with Crippen molar-refractivity contribution in [3.05, 3.63) is 24.3 Å². The summed E-state index contributed by atoms with van der Waals surface area (Å²) >= 11 is 0. The lowest BCUT2D eigenvalue weighted by molar-refractivity contribution is -0.137. The van der Waals surface area contributed by atoms with Gasteiger partial charge in [-0.15, -0.1) is 0 Å². The lowest BCUT2D eigenvalue weighted by Crippen LogP contribution is -2.24. The van der Waals surface area contributed by atoms with E-state index < -0.39 is 30.4 Å². The third-order valence-corrected chi connectivity index (χ3v) is 4.56. The van der Waals surface area contributed by atoms with Crippen molar-refractivity contribution < 1.29 is 30.0 Å². The predicted octanol–water partition coefficient (Wildman–Crippen LogP) is 2.56. The first-order valence-electron chi connectivity index (χ1n) is 9.68. The maximum Gasteiger partial charge on any atom is 0.303 e. The fourth-order valence-electron chi connectivity index (χ4n) is 2.98. The van der Waals surface area contributed by atoms with E-state index in [1.807, 2.05) is 6.08 Å². The van der Waals surface area contributed by atoms with Gasteiger partial charge in [0, 0.05) is 12.8 Å². The Morgan fingerprint density at radius 2 is 1.96 bits per heavy atom. The van der Waals surface area contributed by atoms with Crippen molar-refractivity contribution in [3.63, 3.8) is 0 Å². The molecule has 26 heavy (non-hydrogen) atoms. The number of carboxylic acid groups (broad SMARTS) is 1. The highest BCUT2D eigenvalue weighted by Crippen LogP contribution is 2.26. The zero-order valence-corrected chi connectivity index (χ0v) is 15.7. The van der Waals surface area contributed by atoms with Crippen LogP contribution in [-0.2, 0) is 9.53 Å². The monoisotopic (exact) mass is 370 g/mol. The van der Waals surface area contributed by atoms with Gasteiger partial charge in [-0.25, -0.2) is 0 Å². The lowest BCUT2D eigenvalue weighted by atomic mass is 10.0. The van der Waals surface area contributed by atoms with Crippen LogP contribution in [0, 0.1) is 0 Å². The Kier molecular flexibility index (Phi) is 11.4. The molecule has 1 heterocycles. The van der Waals surface area contributed by atoms with Crippen LogP contribution in [0.25, 0.3) is 0 Å². The third kappa shape index (κ3) is 9.48. The third-order valence-electron chi connectivity index (χ3n) is 4.56. The van der Waals surface area contributed by atoms with Gasteiger partial charge in [-0.3, -0.25) is 4.79 Å². The Morgan fingerprint density at radius 3 is 2.65 bits per heavy atom. The minimum atomic E-state index is -0.905. The number of aliphatic hydroxyl groups is 3. The first-order valence-corrected chi connectivity index (χ1v) is 9.68. The molecule has 0 unspecified atom stereocenters. The Labute approximate surface area is 156 Å². The van der Waals surface area contributed by atoms with E-state index in [4.69, 9.17) is 9.84 Å². The SMILES string of the molecule is CCCCC/C=C\C[C@H]1O[C@H]([C@@H](O)/C=C/[C@H](O)CCCC(=O)O)C[C@H]1O. The van der Waals surface area contributed by atoms with E-state index in [9.17, 15) is 20.1 Å². The Hall–Kier alpha value is -1.21. The molecule has 6 heteroatoms. The van der Waals surface area contributed by atoms with Gasteiger partial charge in [0.1, 0.15) is 0 Å². The topological polar surface area (TPSA) is 107 Å². The first kappa shape index (κ1) is 22.8. The standard InChI is InChI=1S/C20H34O6/c1-2-3-4-5-6-7-10-18-17(23)14-19(26-18)16(22)13-12-15(21)9-8-11-20(24)25/h6-7,12-13,15-19,21-23H,2-5,8-11,14H2,1H3,(H,24,25)/b7-6-,13-12+/t15-,16+,17-,18-,19+/m1/s1. The largest absolute Gasteiger partial charge is 0.481 e. The van der Waals surface area contributed by atoms with E-state index in [1.165, 1.54) is 31.4 Å². The van der Waals surface area contributed by atoms with Gasteiger partial charge in [-0.2, -0.15) is 0 Å². The molecule has 1 aliphatic heterocycles. The summed E-state index contributed by atoms with van der Waals surface area (Å²) in [6, 6.07) is 0. The number of allylic oxidation sites excluding steroid dienone is 1. The van der Waals surface area contributed by atoms with Crippen molar-refractivity contribution in [1.29, 1.82) is 0 Å². The number of carboxylic acids is 1. The van der Waals surface area contributed by atoms with Gasteiger partial charge < -0.3 is 25.2 Å². The number of unbranched alkanes of at least 4 members (excludes halogenated alkanes) is 3. The fraction of sp³-hybridized carbons (Fsp3) is 0.750. The highest BCUT2D eigenvalue weighted by Gasteiger charge is 2.36. The van der Waals surface area contributed by atoms with Crippen molar-refractivity contribution in [2.75, 3.05) is 0 Å². The predicted molar refractivity (Wildman–Crippen MR) is 99.8 cm³/mol. The van der Waals surface area contributed by atoms with Crippen molar-refractivity contribution in [3.8, 4) is 0 Å². The summed E-state index contributed by atoms with van der Waals surface area (Å²) in [5, 5.41) is 38.6. The van der Waals surface area contributed by atoms with Gasteiger partial charge in [0.2, 0.25) is 0 Å². The van der Waals surface area contributed by atoms with Crippen LogP contribution in [0.15, 0.2) is 24.3 Å². The number of aliphatic hydroxyl groups excluding tert-OH is 3. The molecular formula is C20H34O6. The number of hydrogen-bond donors (Lipinski definition) is 4. The van der Waals surface area contributed by atoms with Crippen LogP contribution in [0.4, 0.5) is 0 Å².